The number of aliphatic hydroxyl groups is 1. The molecule has 2 rings (SSSR count). The fraction of sp³-hybridized carbons (Fsp3) is 0.639. The molecule has 11 nitrogen and oxygen atoms in total. The third-order valence-corrected chi connectivity index (χ3v) is 9.08. The number of benzene rings is 1. The maximum atomic E-state index is 13.8. The lowest BCUT2D eigenvalue weighted by molar-refractivity contribution is -0.148. The summed E-state index contributed by atoms with van der Waals surface area (Å²) in [7, 11) is 1.67. The Morgan fingerprint density at radius 1 is 1.02 bits per heavy atom. The van der Waals surface area contributed by atoms with Gasteiger partial charge in [-0.1, -0.05) is 71.4 Å². The van der Waals surface area contributed by atoms with Gasteiger partial charge in [-0.2, -0.15) is 0 Å². The Bertz CT molecular complexity index is 1330. The highest BCUT2D eigenvalue weighted by atomic mass is 32.1. The van der Waals surface area contributed by atoms with Gasteiger partial charge in [0.05, 0.1) is 12.5 Å². The topological polar surface area (TPSA) is 144 Å². The van der Waals surface area contributed by atoms with Crippen LogP contribution in [-0.2, 0) is 30.2 Å². The highest BCUT2D eigenvalue weighted by molar-refractivity contribution is 7.09. The molecule has 0 saturated heterocycles. The molecule has 48 heavy (non-hydrogen) atoms. The normalized spacial score (nSPS) is 15.4. The van der Waals surface area contributed by atoms with Crippen LogP contribution in [0.15, 0.2) is 35.7 Å². The second-order valence-corrected chi connectivity index (χ2v) is 14.6. The average molecular weight is 690 g/mol. The number of hydrogen-bond donors (Lipinski definition) is 2. The Labute approximate surface area is 289 Å². The van der Waals surface area contributed by atoms with E-state index in [1.54, 1.807) is 46.6 Å². The Hall–Kier alpha value is -3.51. The third-order valence-electron chi connectivity index (χ3n) is 8.13. The van der Waals surface area contributed by atoms with E-state index in [-0.39, 0.29) is 48.9 Å². The molecule has 0 saturated carbocycles. The number of likely N-dealkylation sites (N-methyl/N-ethyl adjacent to an activating group) is 1. The van der Waals surface area contributed by atoms with Crippen LogP contribution in [0.4, 0.5) is 4.79 Å². The van der Waals surface area contributed by atoms with Crippen molar-refractivity contribution >= 4 is 35.3 Å². The van der Waals surface area contributed by atoms with Crippen LogP contribution < -0.4 is 5.32 Å². The summed E-state index contributed by atoms with van der Waals surface area (Å²) in [6, 6.07) is 8.33. The largest absolute Gasteiger partial charge is 0.466 e. The minimum absolute atomic E-state index is 0.0442. The summed E-state index contributed by atoms with van der Waals surface area (Å²) in [6.07, 6.45) is -0.839. The van der Waals surface area contributed by atoms with E-state index in [9.17, 15) is 24.3 Å². The molecule has 0 radical (unpaired) electrons. The molecule has 2 unspecified atom stereocenters. The van der Waals surface area contributed by atoms with Gasteiger partial charge in [-0.3, -0.25) is 9.59 Å². The highest BCUT2D eigenvalue weighted by Crippen LogP contribution is 2.28. The number of nitrogens with zero attached hydrogens (tertiary/aromatic N) is 2. The Morgan fingerprint density at radius 2 is 1.67 bits per heavy atom. The number of ether oxygens (including phenoxy) is 3. The summed E-state index contributed by atoms with van der Waals surface area (Å²) >= 11 is 1.13. The first kappa shape index (κ1) is 40.7. The van der Waals surface area contributed by atoms with Crippen molar-refractivity contribution in [3.63, 3.8) is 0 Å². The number of carbonyl (C=O) groups excluding carboxylic acids is 4. The van der Waals surface area contributed by atoms with Gasteiger partial charge in [-0.05, 0) is 51.5 Å². The second kappa shape index (κ2) is 18.9. The molecule has 2 N–H and O–H groups in total. The van der Waals surface area contributed by atoms with Crippen LogP contribution in [0.5, 0.6) is 0 Å². The van der Waals surface area contributed by atoms with Crippen molar-refractivity contribution in [2.24, 2.45) is 17.8 Å². The molecular weight excluding hydrogens is 634 g/mol. The van der Waals surface area contributed by atoms with E-state index in [1.807, 2.05) is 58.0 Å². The molecule has 1 aromatic carbocycles. The van der Waals surface area contributed by atoms with Crippen molar-refractivity contribution < 1.29 is 38.5 Å². The highest BCUT2D eigenvalue weighted by Gasteiger charge is 2.35. The molecule has 2 amide bonds. The lowest BCUT2D eigenvalue weighted by atomic mass is 9.93. The molecule has 0 bridgehead atoms. The lowest BCUT2D eigenvalue weighted by Gasteiger charge is -2.36. The van der Waals surface area contributed by atoms with Gasteiger partial charge in [-0.25, -0.2) is 14.6 Å². The molecule has 268 valence electrons. The van der Waals surface area contributed by atoms with Crippen molar-refractivity contribution in [2.45, 2.75) is 118 Å². The quantitative estimate of drug-likeness (QED) is 0.143. The van der Waals surface area contributed by atoms with E-state index in [0.29, 0.717) is 17.8 Å². The van der Waals surface area contributed by atoms with Gasteiger partial charge in [-0.15, -0.1) is 11.3 Å². The summed E-state index contributed by atoms with van der Waals surface area (Å²) in [6.45, 7) is 16.8. The number of aromatic nitrogens is 1. The van der Waals surface area contributed by atoms with E-state index < -0.39 is 47.9 Å². The number of carbonyl (C=O) groups is 4. The number of amides is 2. The predicted molar refractivity (Wildman–Crippen MR) is 185 cm³/mol. The van der Waals surface area contributed by atoms with Gasteiger partial charge in [0.25, 0.3) is 0 Å². The second-order valence-electron chi connectivity index (χ2n) is 13.7. The van der Waals surface area contributed by atoms with Crippen LogP contribution in [0.2, 0.25) is 0 Å². The van der Waals surface area contributed by atoms with Crippen molar-refractivity contribution in [1.29, 1.82) is 0 Å². The van der Waals surface area contributed by atoms with Gasteiger partial charge in [0.15, 0.2) is 5.69 Å². The number of esters is 2. The van der Waals surface area contributed by atoms with Crippen molar-refractivity contribution in [3.8, 4) is 0 Å². The summed E-state index contributed by atoms with van der Waals surface area (Å²) in [4.78, 5) is 57.9. The van der Waals surface area contributed by atoms with E-state index in [1.165, 1.54) is 5.38 Å². The summed E-state index contributed by atoms with van der Waals surface area (Å²) in [5, 5.41) is 15.9. The fourth-order valence-electron chi connectivity index (χ4n) is 5.28. The van der Waals surface area contributed by atoms with Crippen LogP contribution in [0, 0.1) is 17.8 Å². The molecule has 0 fully saturated rings. The lowest BCUT2D eigenvalue weighted by Crippen LogP contribution is -2.54. The number of thiazole rings is 1. The van der Waals surface area contributed by atoms with Crippen LogP contribution in [0.1, 0.15) is 109 Å². The maximum absolute atomic E-state index is 13.8. The zero-order chi connectivity index (χ0) is 36.2. The number of alkyl carbamates (subject to hydrolysis) is 1. The van der Waals surface area contributed by atoms with E-state index in [4.69, 9.17) is 14.2 Å². The van der Waals surface area contributed by atoms with E-state index in [0.717, 1.165) is 16.9 Å². The minimum Gasteiger partial charge on any atom is -0.466 e. The Morgan fingerprint density at radius 3 is 2.23 bits per heavy atom. The van der Waals surface area contributed by atoms with Crippen LogP contribution in [-0.4, -0.2) is 76.4 Å². The van der Waals surface area contributed by atoms with Gasteiger partial charge >= 0.3 is 18.0 Å². The first-order valence-electron chi connectivity index (χ1n) is 16.8. The van der Waals surface area contributed by atoms with E-state index in [2.05, 4.69) is 10.3 Å². The molecule has 6 atom stereocenters. The van der Waals surface area contributed by atoms with Crippen LogP contribution >= 0.6 is 11.3 Å². The molecule has 0 aliphatic carbocycles. The van der Waals surface area contributed by atoms with Gasteiger partial charge in [0.2, 0.25) is 5.91 Å². The Balaban J connectivity index is 2.18. The van der Waals surface area contributed by atoms with Crippen LogP contribution in [0.3, 0.4) is 0 Å². The molecule has 0 aliphatic heterocycles. The SMILES string of the molecule is CCOC(=O)C(C)CC(Cc1ccccc1)OC(=O)c1csc([C@H](O)C[C@H](C(C)C)N(C)C(=O)[C@@H](NC(=O)OC(C)(C)C)[C@@H](C)CC)n1. The monoisotopic (exact) mass is 689 g/mol. The van der Waals surface area contributed by atoms with Gasteiger partial charge in [0, 0.05) is 31.3 Å². The molecule has 0 spiro atoms. The zero-order valence-electron chi connectivity index (χ0n) is 30.1. The number of nitrogens with one attached hydrogen (secondary N) is 1. The average Bonchev–Trinajstić information content (AvgIpc) is 3.52. The number of rotatable bonds is 17. The van der Waals surface area contributed by atoms with Gasteiger partial charge < -0.3 is 29.5 Å². The molecule has 12 heteroatoms. The van der Waals surface area contributed by atoms with Crippen LogP contribution in [0.25, 0.3) is 0 Å². The Kier molecular flexibility index (Phi) is 16.0. The summed E-state index contributed by atoms with van der Waals surface area (Å²) in [5.74, 6) is -1.98. The number of hydrogen-bond acceptors (Lipinski definition) is 10. The molecular formula is C36H55N3O8S. The fourth-order valence-corrected chi connectivity index (χ4v) is 6.06. The van der Waals surface area contributed by atoms with Gasteiger partial charge in [0.1, 0.15) is 28.9 Å². The molecule has 1 aromatic heterocycles. The summed E-state index contributed by atoms with van der Waals surface area (Å²) < 4.78 is 16.4. The van der Waals surface area contributed by atoms with Crippen molar-refractivity contribution in [1.82, 2.24) is 15.2 Å². The smallest absolute Gasteiger partial charge is 0.408 e. The molecule has 2 aromatic rings. The predicted octanol–water partition coefficient (Wildman–Crippen LogP) is 6.35. The number of aliphatic hydroxyl groups excluding tert-OH is 1. The summed E-state index contributed by atoms with van der Waals surface area (Å²) in [5.41, 5.74) is 0.294. The first-order chi connectivity index (χ1) is 22.5. The third kappa shape index (κ3) is 12.8. The zero-order valence-corrected chi connectivity index (χ0v) is 31.0. The first-order valence-corrected chi connectivity index (χ1v) is 17.7. The molecule has 0 aliphatic rings. The minimum atomic E-state index is -1.07. The van der Waals surface area contributed by atoms with E-state index >= 15 is 0 Å². The molecule has 1 heterocycles. The standard InChI is InChI=1S/C36H55N3O8S/c1-11-23(5)30(38-35(44)47-36(7,8)9)32(41)39(10)28(22(3)4)20-29(40)31-37-27(21-48-31)34(43)46-26(18-24(6)33(42)45-12-2)19-25-16-14-13-15-17-25/h13-17,21-24,26,28-30,40H,11-12,18-20H2,1-10H3,(H,38,44)/t23-,24?,26?,28+,29+,30-/m0/s1. The van der Waals surface area contributed by atoms with Crippen molar-refractivity contribution in [3.05, 3.63) is 52.0 Å². The maximum Gasteiger partial charge on any atom is 0.408 e. The van der Waals surface area contributed by atoms with Crippen molar-refractivity contribution in [2.75, 3.05) is 13.7 Å².